The van der Waals surface area contributed by atoms with Gasteiger partial charge >= 0.3 is 0 Å². The topological polar surface area (TPSA) is 48.5 Å². The van der Waals surface area contributed by atoms with Gasteiger partial charge in [-0.1, -0.05) is 13.3 Å². The standard InChI is InChI=1S/C18H21N3O2/c1-4-5-15-12-18(22)20(17-10-11-19-21(15)17)14-6-8-16(9-7-14)23-13(2)3/h6-13H,4-5H2,1-3H3. The molecule has 5 nitrogen and oxygen atoms in total. The van der Waals surface area contributed by atoms with E-state index in [-0.39, 0.29) is 11.7 Å². The van der Waals surface area contributed by atoms with Gasteiger partial charge in [0.05, 0.1) is 18.0 Å². The van der Waals surface area contributed by atoms with E-state index in [1.807, 2.05) is 48.7 Å². The molecule has 0 aliphatic heterocycles. The van der Waals surface area contributed by atoms with Crippen molar-refractivity contribution >= 4 is 5.65 Å². The summed E-state index contributed by atoms with van der Waals surface area (Å²) < 4.78 is 9.16. The predicted molar refractivity (Wildman–Crippen MR) is 90.5 cm³/mol. The van der Waals surface area contributed by atoms with Crippen LogP contribution in [0.25, 0.3) is 11.3 Å². The fourth-order valence-corrected chi connectivity index (χ4v) is 2.71. The number of rotatable bonds is 5. The molecule has 0 atom stereocenters. The van der Waals surface area contributed by atoms with Crippen LogP contribution in [0.4, 0.5) is 0 Å². The summed E-state index contributed by atoms with van der Waals surface area (Å²) in [5, 5.41) is 4.35. The zero-order valence-corrected chi connectivity index (χ0v) is 13.7. The van der Waals surface area contributed by atoms with Crippen molar-refractivity contribution in [3.05, 3.63) is 58.6 Å². The lowest BCUT2D eigenvalue weighted by Crippen LogP contribution is -2.22. The smallest absolute Gasteiger partial charge is 0.258 e. The van der Waals surface area contributed by atoms with Gasteiger partial charge in [0.15, 0.2) is 0 Å². The van der Waals surface area contributed by atoms with Crippen LogP contribution in [0.3, 0.4) is 0 Å². The van der Waals surface area contributed by atoms with Crippen LogP contribution in [0.5, 0.6) is 5.75 Å². The van der Waals surface area contributed by atoms with Gasteiger partial charge in [0.25, 0.3) is 5.56 Å². The lowest BCUT2D eigenvalue weighted by Gasteiger charge is -2.13. The molecular weight excluding hydrogens is 290 g/mol. The Kier molecular flexibility index (Phi) is 4.19. The monoisotopic (exact) mass is 311 g/mol. The Bertz CT molecular complexity index is 860. The lowest BCUT2D eigenvalue weighted by molar-refractivity contribution is 0.242. The summed E-state index contributed by atoms with van der Waals surface area (Å²) in [6, 6.07) is 11.1. The molecule has 0 saturated heterocycles. The molecule has 0 aliphatic rings. The van der Waals surface area contributed by atoms with Crippen LogP contribution in [0.15, 0.2) is 47.4 Å². The van der Waals surface area contributed by atoms with Crippen LogP contribution >= 0.6 is 0 Å². The van der Waals surface area contributed by atoms with Crippen molar-refractivity contribution in [3.63, 3.8) is 0 Å². The molecule has 120 valence electrons. The van der Waals surface area contributed by atoms with Crippen LogP contribution < -0.4 is 10.3 Å². The molecule has 1 aromatic carbocycles. The number of aromatic nitrogens is 3. The number of nitrogens with zero attached hydrogens (tertiary/aromatic N) is 3. The Morgan fingerprint density at radius 2 is 1.91 bits per heavy atom. The third-order valence-corrected chi connectivity index (χ3v) is 3.61. The Balaban J connectivity index is 2.09. The van der Waals surface area contributed by atoms with Crippen molar-refractivity contribution in [1.29, 1.82) is 0 Å². The molecule has 0 aliphatic carbocycles. The average Bonchev–Trinajstić information content (AvgIpc) is 2.98. The van der Waals surface area contributed by atoms with Gasteiger partial charge in [-0.25, -0.2) is 4.52 Å². The third-order valence-electron chi connectivity index (χ3n) is 3.61. The Morgan fingerprint density at radius 3 is 2.57 bits per heavy atom. The minimum absolute atomic E-state index is 0.0426. The number of hydrogen-bond acceptors (Lipinski definition) is 3. The van der Waals surface area contributed by atoms with E-state index in [4.69, 9.17) is 4.74 Å². The van der Waals surface area contributed by atoms with E-state index >= 15 is 0 Å². The van der Waals surface area contributed by atoms with Gasteiger partial charge in [0.1, 0.15) is 11.4 Å². The predicted octanol–water partition coefficient (Wildman–Crippen LogP) is 3.22. The number of benzene rings is 1. The first-order valence-corrected chi connectivity index (χ1v) is 7.96. The molecule has 0 fully saturated rings. The van der Waals surface area contributed by atoms with Crippen LogP contribution in [0, 0.1) is 0 Å². The maximum Gasteiger partial charge on any atom is 0.258 e. The highest BCUT2D eigenvalue weighted by atomic mass is 16.5. The highest BCUT2D eigenvalue weighted by Crippen LogP contribution is 2.18. The number of ether oxygens (including phenoxy) is 1. The first kappa shape index (κ1) is 15.3. The highest BCUT2D eigenvalue weighted by Gasteiger charge is 2.11. The van der Waals surface area contributed by atoms with Crippen LogP contribution in [-0.4, -0.2) is 20.3 Å². The summed E-state index contributed by atoms with van der Waals surface area (Å²) in [6.07, 6.45) is 3.65. The van der Waals surface area contributed by atoms with Gasteiger partial charge in [0.2, 0.25) is 0 Å². The van der Waals surface area contributed by atoms with E-state index in [0.29, 0.717) is 0 Å². The van der Waals surface area contributed by atoms with Crippen molar-refractivity contribution in [2.75, 3.05) is 0 Å². The summed E-state index contributed by atoms with van der Waals surface area (Å²) in [6.45, 7) is 6.07. The fourth-order valence-electron chi connectivity index (χ4n) is 2.71. The van der Waals surface area contributed by atoms with E-state index in [1.165, 1.54) is 0 Å². The normalized spacial score (nSPS) is 11.3. The molecule has 0 spiro atoms. The van der Waals surface area contributed by atoms with E-state index in [0.717, 1.165) is 35.6 Å². The molecule has 0 amide bonds. The Morgan fingerprint density at radius 1 is 1.17 bits per heavy atom. The lowest BCUT2D eigenvalue weighted by atomic mass is 10.2. The van der Waals surface area contributed by atoms with Gasteiger partial charge in [-0.15, -0.1) is 0 Å². The summed E-state index contributed by atoms with van der Waals surface area (Å²) in [7, 11) is 0. The van der Waals surface area contributed by atoms with Crippen LogP contribution in [-0.2, 0) is 6.42 Å². The number of fused-ring (bicyclic) bond motifs is 1. The van der Waals surface area contributed by atoms with Crippen LogP contribution in [0.2, 0.25) is 0 Å². The largest absolute Gasteiger partial charge is 0.491 e. The minimum Gasteiger partial charge on any atom is -0.491 e. The zero-order chi connectivity index (χ0) is 16.4. The number of aryl methyl sites for hydroxylation is 1. The van der Waals surface area contributed by atoms with Crippen molar-refractivity contribution in [3.8, 4) is 11.4 Å². The molecule has 0 unspecified atom stereocenters. The second kappa shape index (κ2) is 6.28. The van der Waals surface area contributed by atoms with Crippen molar-refractivity contribution in [2.45, 2.75) is 39.7 Å². The molecule has 0 N–H and O–H groups in total. The second-order valence-corrected chi connectivity index (χ2v) is 5.82. The Hall–Kier alpha value is -2.56. The van der Waals surface area contributed by atoms with E-state index in [1.54, 1.807) is 16.8 Å². The maximum absolute atomic E-state index is 12.6. The first-order valence-electron chi connectivity index (χ1n) is 7.96. The molecule has 3 rings (SSSR count). The summed E-state index contributed by atoms with van der Waals surface area (Å²) >= 11 is 0. The van der Waals surface area contributed by atoms with Crippen molar-refractivity contribution in [2.24, 2.45) is 0 Å². The summed E-state index contributed by atoms with van der Waals surface area (Å²) in [5.41, 5.74) is 2.48. The molecule has 23 heavy (non-hydrogen) atoms. The van der Waals surface area contributed by atoms with Crippen molar-refractivity contribution in [1.82, 2.24) is 14.2 Å². The highest BCUT2D eigenvalue weighted by molar-refractivity contribution is 5.49. The molecule has 0 bridgehead atoms. The SMILES string of the molecule is CCCc1cc(=O)n(-c2ccc(OC(C)C)cc2)c2ccnn12. The van der Waals surface area contributed by atoms with Crippen molar-refractivity contribution < 1.29 is 4.74 Å². The van der Waals surface area contributed by atoms with Gasteiger partial charge in [-0.05, 0) is 44.5 Å². The van der Waals surface area contributed by atoms with Gasteiger partial charge in [0, 0.05) is 17.8 Å². The molecule has 0 radical (unpaired) electrons. The second-order valence-electron chi connectivity index (χ2n) is 5.82. The molecule has 2 aromatic heterocycles. The number of hydrogen-bond donors (Lipinski definition) is 0. The molecule has 5 heteroatoms. The average molecular weight is 311 g/mol. The van der Waals surface area contributed by atoms with E-state index < -0.39 is 0 Å². The van der Waals surface area contributed by atoms with E-state index in [2.05, 4.69) is 12.0 Å². The maximum atomic E-state index is 12.6. The Labute approximate surface area is 135 Å². The van der Waals surface area contributed by atoms with Crippen LogP contribution in [0.1, 0.15) is 32.9 Å². The minimum atomic E-state index is -0.0426. The first-order chi connectivity index (χ1) is 11.1. The zero-order valence-electron chi connectivity index (χ0n) is 13.7. The summed E-state index contributed by atoms with van der Waals surface area (Å²) in [4.78, 5) is 12.6. The molecular formula is C18H21N3O2. The third kappa shape index (κ3) is 2.99. The fraction of sp³-hybridized carbons (Fsp3) is 0.333. The van der Waals surface area contributed by atoms with E-state index in [9.17, 15) is 4.79 Å². The van der Waals surface area contributed by atoms with Gasteiger partial charge < -0.3 is 4.74 Å². The van der Waals surface area contributed by atoms with Gasteiger partial charge in [-0.3, -0.25) is 9.36 Å². The van der Waals surface area contributed by atoms with Gasteiger partial charge in [-0.2, -0.15) is 5.10 Å². The summed E-state index contributed by atoms with van der Waals surface area (Å²) in [5.74, 6) is 0.795. The molecule has 3 aromatic rings. The molecule has 2 heterocycles. The quantitative estimate of drug-likeness (QED) is 0.727. The molecule has 0 saturated carbocycles.